The van der Waals surface area contributed by atoms with Crippen molar-refractivity contribution in [2.75, 3.05) is 14.1 Å². The molecule has 0 fully saturated rings. The molecule has 0 bridgehead atoms. The lowest BCUT2D eigenvalue weighted by Gasteiger charge is -2.28. The van der Waals surface area contributed by atoms with Crippen LogP contribution in [-0.2, 0) is 4.79 Å². The monoisotopic (exact) mass is 205 g/mol. The zero-order valence-electron chi connectivity index (χ0n) is 8.66. The molecule has 5 heteroatoms. The fraction of sp³-hybridized carbons (Fsp3) is 0.875. The molecule has 0 rings (SSSR count). The second kappa shape index (κ2) is 6.37. The van der Waals surface area contributed by atoms with E-state index < -0.39 is 0 Å². The Balaban J connectivity index is 4.30. The molecule has 0 aliphatic rings. The summed E-state index contributed by atoms with van der Waals surface area (Å²) in [6, 6.07) is -0.224. The summed E-state index contributed by atoms with van der Waals surface area (Å²) in [6.07, 6.45) is 0.782. The van der Waals surface area contributed by atoms with Gasteiger partial charge in [-0.1, -0.05) is 13.8 Å². The SMILES string of the molecule is CNN(NC)[C@@H](CC(C)C)C(=O)S. The van der Waals surface area contributed by atoms with Gasteiger partial charge in [0.25, 0.3) is 0 Å². The van der Waals surface area contributed by atoms with Gasteiger partial charge in [0.2, 0.25) is 5.12 Å². The first-order valence-electron chi connectivity index (χ1n) is 4.39. The molecular weight excluding hydrogens is 186 g/mol. The lowest BCUT2D eigenvalue weighted by molar-refractivity contribution is -0.118. The Labute approximate surface area is 85.4 Å². The van der Waals surface area contributed by atoms with E-state index in [2.05, 4.69) is 37.3 Å². The average molecular weight is 205 g/mol. The maximum Gasteiger partial charge on any atom is 0.205 e. The van der Waals surface area contributed by atoms with E-state index >= 15 is 0 Å². The highest BCUT2D eigenvalue weighted by molar-refractivity contribution is 7.96. The van der Waals surface area contributed by atoms with Crippen molar-refractivity contribution in [2.45, 2.75) is 26.3 Å². The molecule has 0 aliphatic carbocycles. The Bertz CT molecular complexity index is 159. The van der Waals surface area contributed by atoms with Gasteiger partial charge >= 0.3 is 0 Å². The summed E-state index contributed by atoms with van der Waals surface area (Å²) in [6.45, 7) is 4.15. The maximum atomic E-state index is 11.2. The van der Waals surface area contributed by atoms with Crippen LogP contribution in [0, 0.1) is 5.92 Å². The number of nitrogens with zero attached hydrogens (tertiary/aromatic N) is 1. The molecule has 13 heavy (non-hydrogen) atoms. The molecule has 0 aromatic heterocycles. The van der Waals surface area contributed by atoms with Gasteiger partial charge in [0, 0.05) is 14.1 Å². The number of rotatable bonds is 6. The molecule has 0 aliphatic heterocycles. The number of hydrogen-bond acceptors (Lipinski definition) is 4. The summed E-state index contributed by atoms with van der Waals surface area (Å²) in [5.74, 6) is 0.463. The fourth-order valence-corrected chi connectivity index (χ4v) is 1.41. The van der Waals surface area contributed by atoms with Crippen molar-refractivity contribution in [3.05, 3.63) is 0 Å². The number of thiol groups is 1. The molecular formula is C8H19N3OS. The molecule has 0 unspecified atom stereocenters. The summed E-state index contributed by atoms with van der Waals surface area (Å²) >= 11 is 3.85. The average Bonchev–Trinajstić information content (AvgIpc) is 2.04. The van der Waals surface area contributed by atoms with Crippen LogP contribution < -0.4 is 10.9 Å². The highest BCUT2D eigenvalue weighted by atomic mass is 32.1. The Hall–Kier alpha value is -0.100. The molecule has 2 N–H and O–H groups in total. The quantitative estimate of drug-likeness (QED) is 0.434. The van der Waals surface area contributed by atoms with Crippen molar-refractivity contribution < 1.29 is 4.79 Å². The minimum absolute atomic E-state index is 0.127. The van der Waals surface area contributed by atoms with Gasteiger partial charge in [-0.25, -0.2) is 10.9 Å². The lowest BCUT2D eigenvalue weighted by atomic mass is 10.1. The van der Waals surface area contributed by atoms with Crippen molar-refractivity contribution in [3.8, 4) is 0 Å². The second-order valence-electron chi connectivity index (χ2n) is 3.30. The van der Waals surface area contributed by atoms with Crippen molar-refractivity contribution in [3.63, 3.8) is 0 Å². The standard InChI is InChI=1S/C8H19N3OS/c1-6(2)5-7(8(12)13)11(9-3)10-4/h6-7,9-10H,5H2,1-4H3,(H,12,13)/t7-/m0/s1. The van der Waals surface area contributed by atoms with Crippen LogP contribution in [0.4, 0.5) is 0 Å². The van der Waals surface area contributed by atoms with Crippen LogP contribution in [-0.4, -0.2) is 30.4 Å². The van der Waals surface area contributed by atoms with E-state index in [1.54, 1.807) is 19.2 Å². The zero-order valence-corrected chi connectivity index (χ0v) is 9.56. The molecule has 0 aromatic rings. The van der Waals surface area contributed by atoms with Crippen molar-refractivity contribution in [1.29, 1.82) is 0 Å². The third-order valence-electron chi connectivity index (χ3n) is 1.77. The second-order valence-corrected chi connectivity index (χ2v) is 3.74. The van der Waals surface area contributed by atoms with E-state index in [1.165, 1.54) is 0 Å². The van der Waals surface area contributed by atoms with Gasteiger partial charge in [-0.15, -0.1) is 12.6 Å². The van der Waals surface area contributed by atoms with Crippen LogP contribution in [0.25, 0.3) is 0 Å². The Kier molecular flexibility index (Phi) is 6.32. The van der Waals surface area contributed by atoms with Crippen molar-refractivity contribution in [1.82, 2.24) is 16.0 Å². The Morgan fingerprint density at radius 3 is 2.08 bits per heavy atom. The first-order valence-corrected chi connectivity index (χ1v) is 4.84. The van der Waals surface area contributed by atoms with Gasteiger partial charge in [-0.3, -0.25) is 4.79 Å². The van der Waals surface area contributed by atoms with E-state index in [0.29, 0.717) is 5.92 Å². The summed E-state index contributed by atoms with van der Waals surface area (Å²) in [4.78, 5) is 11.2. The number of nitrogens with one attached hydrogen (secondary N) is 2. The minimum Gasteiger partial charge on any atom is -0.286 e. The zero-order chi connectivity index (χ0) is 10.4. The summed E-state index contributed by atoms with van der Waals surface area (Å²) in [5, 5.41) is 1.53. The van der Waals surface area contributed by atoms with Gasteiger partial charge in [-0.05, 0) is 12.3 Å². The number of carbonyl (C=O) groups excluding carboxylic acids is 1. The first kappa shape index (κ1) is 12.9. The minimum atomic E-state index is -0.224. The summed E-state index contributed by atoms with van der Waals surface area (Å²) in [7, 11) is 3.53. The van der Waals surface area contributed by atoms with Crippen LogP contribution in [0.2, 0.25) is 0 Å². The van der Waals surface area contributed by atoms with E-state index in [9.17, 15) is 4.79 Å². The van der Waals surface area contributed by atoms with E-state index in [0.717, 1.165) is 6.42 Å². The molecule has 0 amide bonds. The topological polar surface area (TPSA) is 44.4 Å². The van der Waals surface area contributed by atoms with Crippen molar-refractivity contribution >= 4 is 17.7 Å². The smallest absolute Gasteiger partial charge is 0.205 e. The van der Waals surface area contributed by atoms with E-state index in [1.807, 2.05) is 0 Å². The highest BCUT2D eigenvalue weighted by Gasteiger charge is 2.22. The third kappa shape index (κ3) is 4.61. The maximum absolute atomic E-state index is 11.2. The van der Waals surface area contributed by atoms with Crippen LogP contribution in [0.15, 0.2) is 0 Å². The Morgan fingerprint density at radius 1 is 1.38 bits per heavy atom. The normalized spacial score (nSPS) is 13.8. The molecule has 0 saturated carbocycles. The van der Waals surface area contributed by atoms with Crippen LogP contribution in [0.3, 0.4) is 0 Å². The van der Waals surface area contributed by atoms with Crippen LogP contribution in [0.5, 0.6) is 0 Å². The van der Waals surface area contributed by atoms with Crippen molar-refractivity contribution in [2.24, 2.45) is 5.92 Å². The Morgan fingerprint density at radius 2 is 1.85 bits per heavy atom. The molecule has 0 aromatic carbocycles. The van der Waals surface area contributed by atoms with Gasteiger partial charge < -0.3 is 0 Å². The molecule has 0 spiro atoms. The first-order chi connectivity index (χ1) is 6.02. The van der Waals surface area contributed by atoms with E-state index in [-0.39, 0.29) is 11.2 Å². The lowest BCUT2D eigenvalue weighted by Crippen LogP contribution is -2.53. The van der Waals surface area contributed by atoms with E-state index in [4.69, 9.17) is 0 Å². The highest BCUT2D eigenvalue weighted by Crippen LogP contribution is 2.10. The van der Waals surface area contributed by atoms with Crippen LogP contribution >= 0.6 is 12.6 Å². The summed E-state index contributed by atoms with van der Waals surface area (Å²) < 4.78 is 0. The predicted molar refractivity (Wildman–Crippen MR) is 57.2 cm³/mol. The molecule has 0 saturated heterocycles. The van der Waals surface area contributed by atoms with Gasteiger partial charge in [0.15, 0.2) is 0 Å². The third-order valence-corrected chi connectivity index (χ3v) is 2.07. The van der Waals surface area contributed by atoms with Gasteiger partial charge in [0.1, 0.15) is 6.04 Å². The number of hydrazine groups is 2. The van der Waals surface area contributed by atoms with Gasteiger partial charge in [0.05, 0.1) is 0 Å². The molecule has 78 valence electrons. The number of hydrogen-bond donors (Lipinski definition) is 3. The molecule has 0 heterocycles. The van der Waals surface area contributed by atoms with Gasteiger partial charge in [-0.2, -0.15) is 5.12 Å². The van der Waals surface area contributed by atoms with Crippen LogP contribution in [0.1, 0.15) is 20.3 Å². The molecule has 4 nitrogen and oxygen atoms in total. The summed E-state index contributed by atoms with van der Waals surface area (Å²) in [5.41, 5.74) is 5.78. The number of carbonyl (C=O) groups is 1. The predicted octanol–water partition coefficient (Wildman–Crippen LogP) is 0.428. The fourth-order valence-electron chi connectivity index (χ4n) is 1.19. The molecule has 0 radical (unpaired) electrons. The molecule has 1 atom stereocenters. The largest absolute Gasteiger partial charge is 0.286 e.